The molecule has 2 rings (SSSR count). The van der Waals surface area contributed by atoms with Crippen molar-refractivity contribution in [2.45, 2.75) is 25.8 Å². The summed E-state index contributed by atoms with van der Waals surface area (Å²) in [5, 5.41) is 8.87. The van der Waals surface area contributed by atoms with Crippen molar-refractivity contribution in [1.82, 2.24) is 9.80 Å². The molecule has 1 atom stereocenters. The number of hydrogen-bond donors (Lipinski definition) is 1. The van der Waals surface area contributed by atoms with Crippen molar-refractivity contribution >= 4 is 11.9 Å². The van der Waals surface area contributed by atoms with Gasteiger partial charge in [-0.3, -0.25) is 9.69 Å². The minimum absolute atomic E-state index is 0.0603. The molecule has 1 aliphatic heterocycles. The van der Waals surface area contributed by atoms with Crippen LogP contribution in [-0.2, 0) is 0 Å². The molecule has 1 aromatic carbocycles. The largest absolute Gasteiger partial charge is 0.478 e. The minimum Gasteiger partial charge on any atom is -0.478 e. The molecule has 0 spiro atoms. The van der Waals surface area contributed by atoms with E-state index in [9.17, 15) is 9.59 Å². The number of likely N-dealkylation sites (tertiary alicyclic amines) is 1. The van der Waals surface area contributed by atoms with Crippen molar-refractivity contribution in [2.75, 3.05) is 26.7 Å². The SMILES string of the molecule is CCN1CCCC1CN(C)C(=O)c1ccc(C(=O)O)cc1. The first-order chi connectivity index (χ1) is 10.0. The van der Waals surface area contributed by atoms with Gasteiger partial charge in [0.15, 0.2) is 0 Å². The Kier molecular flexibility index (Phi) is 4.96. The number of amides is 1. The lowest BCUT2D eigenvalue weighted by Gasteiger charge is -2.27. The van der Waals surface area contributed by atoms with Crippen molar-refractivity contribution in [3.8, 4) is 0 Å². The number of rotatable bonds is 5. The van der Waals surface area contributed by atoms with Crippen LogP contribution in [0.1, 0.15) is 40.5 Å². The second kappa shape index (κ2) is 6.72. The van der Waals surface area contributed by atoms with Crippen LogP contribution in [-0.4, -0.2) is 59.5 Å². The molecule has 1 heterocycles. The molecule has 0 aromatic heterocycles. The monoisotopic (exact) mass is 290 g/mol. The van der Waals surface area contributed by atoms with Gasteiger partial charge in [0.1, 0.15) is 0 Å². The van der Waals surface area contributed by atoms with Crippen LogP contribution >= 0.6 is 0 Å². The number of carboxylic acids is 1. The van der Waals surface area contributed by atoms with E-state index in [1.165, 1.54) is 18.6 Å². The van der Waals surface area contributed by atoms with Gasteiger partial charge in [0.25, 0.3) is 5.91 Å². The van der Waals surface area contributed by atoms with E-state index >= 15 is 0 Å². The Labute approximate surface area is 125 Å². The maximum absolute atomic E-state index is 12.4. The van der Waals surface area contributed by atoms with E-state index in [1.807, 2.05) is 0 Å². The highest BCUT2D eigenvalue weighted by atomic mass is 16.4. The first kappa shape index (κ1) is 15.5. The standard InChI is InChI=1S/C16H22N2O3/c1-3-18-10-4-5-14(18)11-17(2)15(19)12-6-8-13(9-7-12)16(20)21/h6-9,14H,3-5,10-11H2,1-2H3,(H,20,21). The molecular formula is C16H22N2O3. The second-order valence-electron chi connectivity index (χ2n) is 5.49. The van der Waals surface area contributed by atoms with Gasteiger partial charge < -0.3 is 10.0 Å². The average molecular weight is 290 g/mol. The lowest BCUT2D eigenvalue weighted by Crippen LogP contribution is -2.41. The quantitative estimate of drug-likeness (QED) is 0.900. The number of benzene rings is 1. The molecule has 114 valence electrons. The minimum atomic E-state index is -0.980. The molecule has 1 aromatic rings. The van der Waals surface area contributed by atoms with E-state index in [-0.39, 0.29) is 11.5 Å². The molecule has 1 fully saturated rings. The zero-order chi connectivity index (χ0) is 15.4. The van der Waals surface area contributed by atoms with E-state index in [0.717, 1.165) is 19.5 Å². The van der Waals surface area contributed by atoms with Gasteiger partial charge in [0.05, 0.1) is 5.56 Å². The zero-order valence-corrected chi connectivity index (χ0v) is 12.6. The van der Waals surface area contributed by atoms with Gasteiger partial charge in [-0.2, -0.15) is 0 Å². The number of carboxylic acid groups (broad SMARTS) is 1. The molecule has 1 amide bonds. The number of carbonyl (C=O) groups is 2. The molecule has 5 nitrogen and oxygen atoms in total. The van der Waals surface area contributed by atoms with E-state index in [1.54, 1.807) is 24.1 Å². The average Bonchev–Trinajstić information content (AvgIpc) is 2.93. The molecule has 1 aliphatic rings. The van der Waals surface area contributed by atoms with Gasteiger partial charge in [-0.1, -0.05) is 6.92 Å². The molecule has 0 bridgehead atoms. The van der Waals surface area contributed by atoms with Crippen LogP contribution in [0, 0.1) is 0 Å². The summed E-state index contributed by atoms with van der Waals surface area (Å²) in [4.78, 5) is 27.3. The van der Waals surface area contributed by atoms with Gasteiger partial charge in [-0.25, -0.2) is 4.79 Å². The Hall–Kier alpha value is -1.88. The van der Waals surface area contributed by atoms with Gasteiger partial charge in [0.2, 0.25) is 0 Å². The zero-order valence-electron chi connectivity index (χ0n) is 12.6. The van der Waals surface area contributed by atoms with Gasteiger partial charge in [0, 0.05) is 25.2 Å². The summed E-state index contributed by atoms with van der Waals surface area (Å²) in [5.41, 5.74) is 0.727. The van der Waals surface area contributed by atoms with E-state index in [4.69, 9.17) is 5.11 Å². The first-order valence-corrected chi connectivity index (χ1v) is 7.35. The molecule has 1 N–H and O–H groups in total. The summed E-state index contributed by atoms with van der Waals surface area (Å²) in [5.74, 6) is -1.04. The van der Waals surface area contributed by atoms with E-state index in [0.29, 0.717) is 18.2 Å². The molecule has 1 saturated heterocycles. The van der Waals surface area contributed by atoms with Crippen molar-refractivity contribution in [3.05, 3.63) is 35.4 Å². The highest BCUT2D eigenvalue weighted by Gasteiger charge is 2.25. The van der Waals surface area contributed by atoms with Crippen LogP contribution in [0.5, 0.6) is 0 Å². The lowest BCUT2D eigenvalue weighted by molar-refractivity contribution is 0.0694. The maximum atomic E-state index is 12.4. The Balaban J connectivity index is 2.00. The number of likely N-dealkylation sites (N-methyl/N-ethyl adjacent to an activating group) is 2. The Morgan fingerprint density at radius 3 is 2.48 bits per heavy atom. The highest BCUT2D eigenvalue weighted by Crippen LogP contribution is 2.18. The fourth-order valence-corrected chi connectivity index (χ4v) is 2.89. The van der Waals surface area contributed by atoms with Crippen LogP contribution in [0.3, 0.4) is 0 Å². The van der Waals surface area contributed by atoms with Crippen LogP contribution in [0.2, 0.25) is 0 Å². The predicted molar refractivity (Wildman–Crippen MR) is 80.6 cm³/mol. The van der Waals surface area contributed by atoms with Crippen molar-refractivity contribution in [2.24, 2.45) is 0 Å². The van der Waals surface area contributed by atoms with Gasteiger partial charge >= 0.3 is 5.97 Å². The highest BCUT2D eigenvalue weighted by molar-refractivity contribution is 5.95. The molecule has 0 aliphatic carbocycles. The molecule has 0 radical (unpaired) electrons. The van der Waals surface area contributed by atoms with Gasteiger partial charge in [-0.05, 0) is 50.2 Å². The fraction of sp³-hybridized carbons (Fsp3) is 0.500. The summed E-state index contributed by atoms with van der Waals surface area (Å²) in [6, 6.07) is 6.53. The van der Waals surface area contributed by atoms with E-state index < -0.39 is 5.97 Å². The van der Waals surface area contributed by atoms with E-state index in [2.05, 4.69) is 11.8 Å². The Bertz CT molecular complexity index is 513. The summed E-state index contributed by atoms with van der Waals surface area (Å²) < 4.78 is 0. The summed E-state index contributed by atoms with van der Waals surface area (Å²) in [7, 11) is 1.81. The summed E-state index contributed by atoms with van der Waals surface area (Å²) in [6.07, 6.45) is 2.32. The van der Waals surface area contributed by atoms with Crippen molar-refractivity contribution < 1.29 is 14.7 Å². The fourth-order valence-electron chi connectivity index (χ4n) is 2.89. The third kappa shape index (κ3) is 3.61. The Morgan fingerprint density at radius 1 is 1.29 bits per heavy atom. The van der Waals surface area contributed by atoms with Crippen molar-refractivity contribution in [3.63, 3.8) is 0 Å². The molecular weight excluding hydrogens is 268 g/mol. The summed E-state index contributed by atoms with van der Waals surface area (Å²) >= 11 is 0. The second-order valence-corrected chi connectivity index (χ2v) is 5.49. The smallest absolute Gasteiger partial charge is 0.335 e. The third-order valence-electron chi connectivity index (χ3n) is 4.12. The predicted octanol–water partition coefficient (Wildman–Crippen LogP) is 1.94. The number of nitrogens with zero attached hydrogens (tertiary/aromatic N) is 2. The van der Waals surface area contributed by atoms with Crippen LogP contribution in [0.25, 0.3) is 0 Å². The maximum Gasteiger partial charge on any atom is 0.335 e. The number of aromatic carboxylic acids is 1. The van der Waals surface area contributed by atoms with Crippen LogP contribution in [0.4, 0.5) is 0 Å². The van der Waals surface area contributed by atoms with Crippen LogP contribution < -0.4 is 0 Å². The Morgan fingerprint density at radius 2 is 1.90 bits per heavy atom. The lowest BCUT2D eigenvalue weighted by atomic mass is 10.1. The summed E-state index contributed by atoms with van der Waals surface area (Å²) in [6.45, 7) is 4.98. The molecule has 21 heavy (non-hydrogen) atoms. The molecule has 0 saturated carbocycles. The van der Waals surface area contributed by atoms with Gasteiger partial charge in [-0.15, -0.1) is 0 Å². The normalized spacial score (nSPS) is 18.7. The first-order valence-electron chi connectivity index (χ1n) is 7.35. The topological polar surface area (TPSA) is 60.9 Å². The molecule has 5 heteroatoms. The molecule has 1 unspecified atom stereocenters. The number of carbonyl (C=O) groups excluding carboxylic acids is 1. The van der Waals surface area contributed by atoms with Crippen molar-refractivity contribution in [1.29, 1.82) is 0 Å². The third-order valence-corrected chi connectivity index (χ3v) is 4.12. The number of hydrogen-bond acceptors (Lipinski definition) is 3. The van der Waals surface area contributed by atoms with Crippen LogP contribution in [0.15, 0.2) is 24.3 Å².